The maximum absolute atomic E-state index is 13.9. The molecular formula is C31H43N5O4. The number of carbonyl (C=O) groups is 4. The van der Waals surface area contributed by atoms with E-state index >= 15 is 0 Å². The highest BCUT2D eigenvalue weighted by atomic mass is 16.2. The summed E-state index contributed by atoms with van der Waals surface area (Å²) in [5.41, 5.74) is 1.07. The molecule has 3 atom stereocenters. The van der Waals surface area contributed by atoms with E-state index in [0.29, 0.717) is 31.6 Å². The number of para-hydroxylation sites is 1. The minimum atomic E-state index is -0.730. The number of likely N-dealkylation sites (tertiary alicyclic amines) is 1. The van der Waals surface area contributed by atoms with Gasteiger partial charge in [0, 0.05) is 31.4 Å². The van der Waals surface area contributed by atoms with E-state index in [-0.39, 0.29) is 24.4 Å². The van der Waals surface area contributed by atoms with Gasteiger partial charge in [0.1, 0.15) is 6.04 Å². The molecule has 1 aliphatic heterocycles. The first-order valence-corrected chi connectivity index (χ1v) is 14.0. The molecule has 4 amide bonds. The quantitative estimate of drug-likeness (QED) is 0.395. The van der Waals surface area contributed by atoms with Crippen molar-refractivity contribution in [3.8, 4) is 0 Å². The summed E-state index contributed by atoms with van der Waals surface area (Å²) in [5, 5.41) is 8.54. The summed E-state index contributed by atoms with van der Waals surface area (Å²) in [6, 6.07) is 17.2. The third-order valence-electron chi connectivity index (χ3n) is 7.34. The molecule has 9 nitrogen and oxygen atoms in total. The average Bonchev–Trinajstić information content (AvgIpc) is 3.41. The zero-order valence-electron chi connectivity index (χ0n) is 24.3. The predicted molar refractivity (Wildman–Crippen MR) is 156 cm³/mol. The fourth-order valence-corrected chi connectivity index (χ4v) is 4.82. The second-order valence-corrected chi connectivity index (χ2v) is 11.5. The van der Waals surface area contributed by atoms with Gasteiger partial charge < -0.3 is 25.8 Å². The van der Waals surface area contributed by atoms with Crippen molar-refractivity contribution in [3.05, 3.63) is 66.2 Å². The standard InChI is InChI=1S/C31H43N5O4/c1-22(32-5)27(37)34-26(31(2,3)4)29(39)36-19-12-17-25(36)21-35(20-18-23-13-8-6-9-14-23)30(40)28(38)33-24-15-10-7-11-16-24/h6-11,13-16,22,25-26,32H,12,17-21H2,1-5H3,(H,33,38)(H,34,37). The molecule has 1 heterocycles. The molecule has 3 unspecified atom stereocenters. The molecule has 2 aromatic carbocycles. The molecule has 0 aromatic heterocycles. The molecule has 2 aromatic rings. The van der Waals surface area contributed by atoms with E-state index in [4.69, 9.17) is 0 Å². The Morgan fingerprint density at radius 2 is 1.62 bits per heavy atom. The molecule has 0 bridgehead atoms. The number of nitrogens with zero attached hydrogens (tertiary/aromatic N) is 2. The van der Waals surface area contributed by atoms with Gasteiger partial charge in [-0.3, -0.25) is 19.2 Å². The Balaban J connectivity index is 1.79. The number of benzene rings is 2. The number of amides is 4. The van der Waals surface area contributed by atoms with E-state index in [2.05, 4.69) is 16.0 Å². The lowest BCUT2D eigenvalue weighted by Gasteiger charge is -2.37. The van der Waals surface area contributed by atoms with E-state index < -0.39 is 29.3 Å². The molecule has 0 saturated carbocycles. The normalized spacial score (nSPS) is 16.6. The molecule has 1 fully saturated rings. The van der Waals surface area contributed by atoms with Gasteiger partial charge in [0.05, 0.1) is 6.04 Å². The van der Waals surface area contributed by atoms with Crippen LogP contribution < -0.4 is 16.0 Å². The van der Waals surface area contributed by atoms with Crippen LogP contribution in [0.5, 0.6) is 0 Å². The minimum absolute atomic E-state index is 0.171. The summed E-state index contributed by atoms with van der Waals surface area (Å²) < 4.78 is 0. The van der Waals surface area contributed by atoms with Crippen LogP contribution in [-0.2, 0) is 25.6 Å². The van der Waals surface area contributed by atoms with E-state index in [1.54, 1.807) is 48.0 Å². The third-order valence-corrected chi connectivity index (χ3v) is 7.34. The molecule has 0 spiro atoms. The Morgan fingerprint density at radius 3 is 2.23 bits per heavy atom. The van der Waals surface area contributed by atoms with Gasteiger partial charge in [0.15, 0.2) is 0 Å². The third kappa shape index (κ3) is 8.39. The van der Waals surface area contributed by atoms with Gasteiger partial charge in [-0.05, 0) is 56.3 Å². The number of anilines is 1. The van der Waals surface area contributed by atoms with Crippen molar-refractivity contribution in [2.24, 2.45) is 5.41 Å². The summed E-state index contributed by atoms with van der Waals surface area (Å²) in [6.45, 7) is 8.62. The maximum atomic E-state index is 13.9. The predicted octanol–water partition coefficient (Wildman–Crippen LogP) is 2.83. The number of hydrogen-bond acceptors (Lipinski definition) is 5. The second kappa shape index (κ2) is 14.1. The van der Waals surface area contributed by atoms with Gasteiger partial charge in [-0.2, -0.15) is 0 Å². The molecule has 216 valence electrons. The van der Waals surface area contributed by atoms with E-state index in [1.165, 1.54) is 0 Å². The Labute approximate surface area is 237 Å². The highest BCUT2D eigenvalue weighted by molar-refractivity contribution is 6.39. The van der Waals surface area contributed by atoms with E-state index in [9.17, 15) is 19.2 Å². The summed E-state index contributed by atoms with van der Waals surface area (Å²) in [5.74, 6) is -1.77. The van der Waals surface area contributed by atoms with Gasteiger partial charge in [-0.25, -0.2) is 0 Å². The smallest absolute Gasteiger partial charge is 0.313 e. The number of rotatable bonds is 10. The van der Waals surface area contributed by atoms with E-state index in [1.807, 2.05) is 57.2 Å². The summed E-state index contributed by atoms with van der Waals surface area (Å²) in [6.07, 6.45) is 2.07. The van der Waals surface area contributed by atoms with Crippen molar-refractivity contribution in [1.29, 1.82) is 0 Å². The van der Waals surface area contributed by atoms with Crippen LogP contribution in [-0.4, -0.2) is 78.2 Å². The molecule has 3 N–H and O–H groups in total. The highest BCUT2D eigenvalue weighted by Crippen LogP contribution is 2.26. The minimum Gasteiger partial charge on any atom is -0.342 e. The summed E-state index contributed by atoms with van der Waals surface area (Å²) >= 11 is 0. The van der Waals surface area contributed by atoms with Crippen molar-refractivity contribution < 1.29 is 19.2 Å². The van der Waals surface area contributed by atoms with Crippen LogP contribution in [0.3, 0.4) is 0 Å². The van der Waals surface area contributed by atoms with Crippen LogP contribution in [0, 0.1) is 5.41 Å². The van der Waals surface area contributed by atoms with Gasteiger partial charge in [-0.1, -0.05) is 69.3 Å². The SMILES string of the molecule is CNC(C)C(=O)NC(C(=O)N1CCCC1CN(CCc1ccccc1)C(=O)C(=O)Nc1ccccc1)C(C)(C)C. The molecule has 9 heteroatoms. The average molecular weight is 550 g/mol. The van der Waals surface area contributed by atoms with Crippen molar-refractivity contribution in [1.82, 2.24) is 20.4 Å². The summed E-state index contributed by atoms with van der Waals surface area (Å²) in [7, 11) is 1.70. The first-order chi connectivity index (χ1) is 19.0. The Hall–Kier alpha value is -3.72. The van der Waals surface area contributed by atoms with Crippen LogP contribution >= 0.6 is 0 Å². The van der Waals surface area contributed by atoms with Gasteiger partial charge >= 0.3 is 11.8 Å². The first kappa shape index (κ1) is 30.8. The largest absolute Gasteiger partial charge is 0.342 e. The highest BCUT2D eigenvalue weighted by Gasteiger charge is 2.41. The Bertz CT molecular complexity index is 1150. The summed E-state index contributed by atoms with van der Waals surface area (Å²) in [4.78, 5) is 56.3. The fourth-order valence-electron chi connectivity index (χ4n) is 4.82. The fraction of sp³-hybridized carbons (Fsp3) is 0.484. The first-order valence-electron chi connectivity index (χ1n) is 14.0. The second-order valence-electron chi connectivity index (χ2n) is 11.5. The molecule has 40 heavy (non-hydrogen) atoms. The molecule has 3 rings (SSSR count). The number of nitrogens with one attached hydrogen (secondary N) is 3. The Kier molecular flexibility index (Phi) is 10.8. The topological polar surface area (TPSA) is 111 Å². The lowest BCUT2D eigenvalue weighted by atomic mass is 9.85. The van der Waals surface area contributed by atoms with Crippen LogP contribution in [0.2, 0.25) is 0 Å². The van der Waals surface area contributed by atoms with Crippen molar-refractivity contribution in [2.45, 2.75) is 65.1 Å². The molecule has 1 aliphatic rings. The molecule has 1 saturated heterocycles. The lowest BCUT2D eigenvalue weighted by Crippen LogP contribution is -2.59. The molecule has 0 radical (unpaired) electrons. The van der Waals surface area contributed by atoms with Gasteiger partial charge in [0.2, 0.25) is 11.8 Å². The zero-order chi connectivity index (χ0) is 29.3. The monoisotopic (exact) mass is 549 g/mol. The van der Waals surface area contributed by atoms with Gasteiger partial charge in [0.25, 0.3) is 0 Å². The van der Waals surface area contributed by atoms with Crippen LogP contribution in [0.15, 0.2) is 60.7 Å². The van der Waals surface area contributed by atoms with E-state index in [0.717, 1.165) is 12.0 Å². The van der Waals surface area contributed by atoms with Crippen LogP contribution in [0.1, 0.15) is 46.1 Å². The van der Waals surface area contributed by atoms with Crippen molar-refractivity contribution in [3.63, 3.8) is 0 Å². The van der Waals surface area contributed by atoms with Crippen molar-refractivity contribution in [2.75, 3.05) is 32.0 Å². The zero-order valence-corrected chi connectivity index (χ0v) is 24.3. The number of likely N-dealkylation sites (N-methyl/N-ethyl adjacent to an activating group) is 1. The molecule has 0 aliphatic carbocycles. The maximum Gasteiger partial charge on any atom is 0.313 e. The number of carbonyl (C=O) groups excluding carboxylic acids is 4. The molecular weight excluding hydrogens is 506 g/mol. The lowest BCUT2D eigenvalue weighted by molar-refractivity contribution is -0.145. The van der Waals surface area contributed by atoms with Gasteiger partial charge in [-0.15, -0.1) is 0 Å². The number of hydrogen-bond donors (Lipinski definition) is 3. The Morgan fingerprint density at radius 1 is 1.00 bits per heavy atom. The van der Waals surface area contributed by atoms with Crippen LogP contribution in [0.4, 0.5) is 5.69 Å². The van der Waals surface area contributed by atoms with Crippen molar-refractivity contribution >= 4 is 29.3 Å². The van der Waals surface area contributed by atoms with Crippen LogP contribution in [0.25, 0.3) is 0 Å².